The number of nitro groups is 1. The molecule has 1 N–H and O–H groups in total. The number of H-pyrrole nitrogens is 1. The summed E-state index contributed by atoms with van der Waals surface area (Å²) in [5.74, 6) is 0.410. The molecule has 1 aromatic carbocycles. The Morgan fingerprint density at radius 2 is 1.78 bits per heavy atom. The molecule has 36 heavy (non-hydrogen) atoms. The van der Waals surface area contributed by atoms with E-state index in [4.69, 9.17) is 4.99 Å². The van der Waals surface area contributed by atoms with Gasteiger partial charge in [0.05, 0.1) is 21.9 Å². The van der Waals surface area contributed by atoms with Gasteiger partial charge in [-0.05, 0) is 43.7 Å². The van der Waals surface area contributed by atoms with Crippen molar-refractivity contribution in [1.29, 1.82) is 0 Å². The number of aliphatic imine (C=N–C) groups is 1. The number of piperazine rings is 1. The van der Waals surface area contributed by atoms with Crippen molar-refractivity contribution in [2.24, 2.45) is 4.99 Å². The fourth-order valence-corrected chi connectivity index (χ4v) is 4.64. The molecular weight excluding hydrogens is 456 g/mol. The van der Waals surface area contributed by atoms with Crippen molar-refractivity contribution in [2.45, 2.75) is 13.8 Å². The van der Waals surface area contributed by atoms with E-state index in [0.29, 0.717) is 43.3 Å². The van der Waals surface area contributed by atoms with E-state index < -0.39 is 0 Å². The van der Waals surface area contributed by atoms with Crippen molar-refractivity contribution in [3.8, 4) is 11.3 Å². The predicted molar refractivity (Wildman–Crippen MR) is 142 cm³/mol. The predicted octanol–water partition coefficient (Wildman–Crippen LogP) is 4.56. The van der Waals surface area contributed by atoms with Crippen molar-refractivity contribution >= 4 is 28.6 Å². The second-order valence-electron chi connectivity index (χ2n) is 8.81. The monoisotopic (exact) mass is 482 g/mol. The zero-order valence-electron chi connectivity index (χ0n) is 20.1. The summed E-state index contributed by atoms with van der Waals surface area (Å²) in [5, 5.41) is 11.4. The second-order valence-corrected chi connectivity index (χ2v) is 8.81. The largest absolute Gasteiger partial charge is 0.368 e. The summed E-state index contributed by atoms with van der Waals surface area (Å²) in [7, 11) is 0. The zero-order valence-corrected chi connectivity index (χ0v) is 20.1. The molecule has 0 bridgehead atoms. The first-order valence-electron chi connectivity index (χ1n) is 11.8. The van der Waals surface area contributed by atoms with Crippen LogP contribution in [-0.4, -0.2) is 46.8 Å². The summed E-state index contributed by atoms with van der Waals surface area (Å²) in [6.45, 7) is 6.50. The van der Waals surface area contributed by atoms with Crippen LogP contribution in [0, 0.1) is 17.0 Å². The zero-order chi connectivity index (χ0) is 25.2. The van der Waals surface area contributed by atoms with Gasteiger partial charge in [-0.15, -0.1) is 0 Å². The first kappa shape index (κ1) is 23.2. The highest BCUT2D eigenvalue weighted by Gasteiger charge is 2.25. The SMILES string of the molecule is CC(=Nc1cc(N2CCN(c3ncccc3[N+](=O)[O-])CC2)ccc1C)c1c2cccccc-2[nH]c1=O. The average Bonchev–Trinajstić information content (AvgIpc) is 3.03. The van der Waals surface area contributed by atoms with E-state index in [2.05, 4.69) is 20.9 Å². The highest BCUT2D eigenvalue weighted by molar-refractivity contribution is 6.05. The summed E-state index contributed by atoms with van der Waals surface area (Å²) >= 11 is 0. The van der Waals surface area contributed by atoms with Crippen molar-refractivity contribution in [3.05, 3.63) is 98.5 Å². The Morgan fingerprint density at radius 3 is 2.56 bits per heavy atom. The van der Waals surface area contributed by atoms with Crippen molar-refractivity contribution in [3.63, 3.8) is 0 Å². The molecule has 5 rings (SSSR count). The molecule has 0 spiro atoms. The number of aromatic nitrogens is 2. The summed E-state index contributed by atoms with van der Waals surface area (Å²) in [5.41, 5.74) is 5.59. The van der Waals surface area contributed by atoms with E-state index >= 15 is 0 Å². The van der Waals surface area contributed by atoms with Gasteiger partial charge < -0.3 is 14.8 Å². The fourth-order valence-electron chi connectivity index (χ4n) is 4.64. The van der Waals surface area contributed by atoms with Gasteiger partial charge in [0.25, 0.3) is 5.56 Å². The Morgan fingerprint density at radius 1 is 1.03 bits per heavy atom. The number of hydrogen-bond donors (Lipinski definition) is 1. The fraction of sp³-hybridized carbons (Fsp3) is 0.222. The number of rotatable bonds is 5. The number of anilines is 2. The molecule has 0 atom stereocenters. The molecule has 182 valence electrons. The van der Waals surface area contributed by atoms with Crippen LogP contribution in [0.15, 0.2) is 76.6 Å². The van der Waals surface area contributed by atoms with Crippen LogP contribution < -0.4 is 15.4 Å². The van der Waals surface area contributed by atoms with Gasteiger partial charge in [0.2, 0.25) is 5.82 Å². The van der Waals surface area contributed by atoms with Crippen LogP contribution in [0.1, 0.15) is 18.1 Å². The van der Waals surface area contributed by atoms with Gasteiger partial charge >= 0.3 is 5.69 Å². The lowest BCUT2D eigenvalue weighted by atomic mass is 10.1. The number of aromatic amines is 1. The number of fused-ring (bicyclic) bond motifs is 1. The minimum atomic E-state index is -0.387. The number of benzene rings is 1. The number of nitrogens with one attached hydrogen (secondary N) is 1. The lowest BCUT2D eigenvalue weighted by molar-refractivity contribution is -0.384. The van der Waals surface area contributed by atoms with Crippen LogP contribution in [0.2, 0.25) is 0 Å². The summed E-state index contributed by atoms with van der Waals surface area (Å²) in [6.07, 6.45) is 1.59. The molecule has 2 aliphatic heterocycles. The summed E-state index contributed by atoms with van der Waals surface area (Å²) in [6, 6.07) is 18.8. The van der Waals surface area contributed by atoms with Gasteiger partial charge in [0.1, 0.15) is 0 Å². The summed E-state index contributed by atoms with van der Waals surface area (Å²) in [4.78, 5) is 39.9. The standard InChI is InChI=1S/C27H26N6O3/c1-18-10-11-20(31-13-15-32(16-14-31)26-24(33(35)36)9-6-12-28-26)17-23(18)29-19(2)25-21-7-4-3-5-8-22(21)30-27(25)34/h3-12,17H,13-16H2,1-2H3,(H,30,34). The van der Waals surface area contributed by atoms with E-state index in [-0.39, 0.29) is 16.2 Å². The maximum absolute atomic E-state index is 12.7. The molecule has 1 aromatic heterocycles. The topological polar surface area (TPSA) is 108 Å². The Labute approximate surface area is 208 Å². The van der Waals surface area contributed by atoms with Gasteiger partial charge in [-0.3, -0.25) is 19.9 Å². The van der Waals surface area contributed by atoms with E-state index in [1.807, 2.05) is 61.2 Å². The molecule has 3 heterocycles. The highest BCUT2D eigenvalue weighted by atomic mass is 16.6. The lowest BCUT2D eigenvalue weighted by Gasteiger charge is -2.36. The van der Waals surface area contributed by atoms with Gasteiger partial charge in [-0.2, -0.15) is 0 Å². The van der Waals surface area contributed by atoms with Crippen LogP contribution in [0.5, 0.6) is 0 Å². The van der Waals surface area contributed by atoms with Crippen molar-refractivity contribution in [1.82, 2.24) is 9.97 Å². The van der Waals surface area contributed by atoms with Crippen LogP contribution in [0.4, 0.5) is 22.9 Å². The Balaban J connectivity index is 1.38. The van der Waals surface area contributed by atoms with Crippen LogP contribution >= 0.6 is 0 Å². The molecule has 9 heteroatoms. The number of pyridine rings is 1. The number of nitrogens with zero attached hydrogens (tertiary/aromatic N) is 5. The normalized spacial score (nSPS) is 14.3. The van der Waals surface area contributed by atoms with Gasteiger partial charge in [-0.1, -0.05) is 30.3 Å². The molecule has 0 saturated carbocycles. The van der Waals surface area contributed by atoms with E-state index in [1.165, 1.54) is 6.07 Å². The molecule has 1 fully saturated rings. The molecule has 0 radical (unpaired) electrons. The Hall–Kier alpha value is -4.53. The third-order valence-electron chi connectivity index (χ3n) is 6.53. The quantitative estimate of drug-likeness (QED) is 0.254. The molecule has 9 nitrogen and oxygen atoms in total. The molecule has 2 aromatic rings. The van der Waals surface area contributed by atoms with Gasteiger partial charge in [0, 0.05) is 55.4 Å². The van der Waals surface area contributed by atoms with Gasteiger partial charge in [0.15, 0.2) is 0 Å². The highest BCUT2D eigenvalue weighted by Crippen LogP contribution is 2.30. The van der Waals surface area contributed by atoms with E-state index in [0.717, 1.165) is 28.2 Å². The molecular formula is C27H26N6O3. The Kier molecular flexibility index (Phi) is 6.20. The van der Waals surface area contributed by atoms with Crippen molar-refractivity contribution in [2.75, 3.05) is 36.0 Å². The molecule has 1 aliphatic carbocycles. The molecule has 0 unspecified atom stereocenters. The van der Waals surface area contributed by atoms with Crippen LogP contribution in [-0.2, 0) is 0 Å². The second kappa shape index (κ2) is 9.61. The smallest absolute Gasteiger partial charge is 0.311 e. The van der Waals surface area contributed by atoms with E-state index in [1.54, 1.807) is 12.3 Å². The third kappa shape index (κ3) is 4.43. The maximum Gasteiger partial charge on any atom is 0.311 e. The van der Waals surface area contributed by atoms with Crippen LogP contribution in [0.3, 0.4) is 0 Å². The van der Waals surface area contributed by atoms with Gasteiger partial charge in [-0.25, -0.2) is 4.98 Å². The first-order valence-corrected chi connectivity index (χ1v) is 11.8. The minimum absolute atomic E-state index is 0.0250. The molecule has 0 amide bonds. The molecule has 3 aliphatic rings. The van der Waals surface area contributed by atoms with Crippen LogP contribution in [0.25, 0.3) is 11.3 Å². The first-order chi connectivity index (χ1) is 17.4. The minimum Gasteiger partial charge on any atom is -0.368 e. The molecule has 1 saturated heterocycles. The average molecular weight is 483 g/mol. The lowest BCUT2D eigenvalue weighted by Crippen LogP contribution is -2.47. The van der Waals surface area contributed by atoms with Crippen molar-refractivity contribution < 1.29 is 4.92 Å². The summed E-state index contributed by atoms with van der Waals surface area (Å²) < 4.78 is 0. The number of aryl methyl sites for hydroxylation is 1. The third-order valence-corrected chi connectivity index (χ3v) is 6.53. The Bertz CT molecular complexity index is 1490. The maximum atomic E-state index is 12.7. The number of hydrogen-bond acceptors (Lipinski definition) is 7. The van der Waals surface area contributed by atoms with E-state index in [9.17, 15) is 14.9 Å².